The molecule has 18 heavy (non-hydrogen) atoms. The standard InChI is InChI=1S/C13H27NO3S/c1-13(2,3)14-8-12(15)10-18(16,17)9-11-6-4-5-7-11/h11-12,14-15H,4-10H2,1-3H3. The second-order valence-corrected chi connectivity index (χ2v) is 8.67. The maximum Gasteiger partial charge on any atom is 0.153 e. The van der Waals surface area contributed by atoms with Crippen molar-refractivity contribution in [1.82, 2.24) is 5.32 Å². The van der Waals surface area contributed by atoms with Crippen LogP contribution < -0.4 is 5.32 Å². The van der Waals surface area contributed by atoms with E-state index in [0.717, 1.165) is 25.7 Å². The summed E-state index contributed by atoms with van der Waals surface area (Å²) in [6.45, 7) is 6.31. The molecule has 1 unspecified atom stereocenters. The minimum Gasteiger partial charge on any atom is -0.391 e. The minimum absolute atomic E-state index is 0.101. The van der Waals surface area contributed by atoms with Crippen molar-refractivity contribution in [2.45, 2.75) is 58.1 Å². The van der Waals surface area contributed by atoms with Crippen molar-refractivity contribution >= 4 is 9.84 Å². The van der Waals surface area contributed by atoms with Gasteiger partial charge in [0, 0.05) is 12.1 Å². The van der Waals surface area contributed by atoms with Crippen molar-refractivity contribution in [1.29, 1.82) is 0 Å². The third-order valence-corrected chi connectivity index (χ3v) is 5.15. The fraction of sp³-hybridized carbons (Fsp3) is 1.00. The van der Waals surface area contributed by atoms with E-state index >= 15 is 0 Å². The van der Waals surface area contributed by atoms with Gasteiger partial charge in [-0.3, -0.25) is 0 Å². The summed E-state index contributed by atoms with van der Waals surface area (Å²) in [4.78, 5) is 0. The Morgan fingerprint density at radius 2 is 1.83 bits per heavy atom. The second-order valence-electron chi connectivity index (χ2n) is 6.51. The van der Waals surface area contributed by atoms with E-state index in [1.807, 2.05) is 20.8 Å². The van der Waals surface area contributed by atoms with Crippen LogP contribution in [-0.4, -0.2) is 43.2 Å². The Morgan fingerprint density at radius 3 is 2.33 bits per heavy atom. The average Bonchev–Trinajstić information content (AvgIpc) is 2.64. The molecule has 1 aliphatic carbocycles. The van der Waals surface area contributed by atoms with E-state index in [1.54, 1.807) is 0 Å². The number of aliphatic hydroxyl groups excluding tert-OH is 1. The number of aliphatic hydroxyl groups is 1. The van der Waals surface area contributed by atoms with Crippen molar-refractivity contribution in [3.8, 4) is 0 Å². The van der Waals surface area contributed by atoms with Crippen molar-refractivity contribution in [3.05, 3.63) is 0 Å². The van der Waals surface area contributed by atoms with Crippen LogP contribution >= 0.6 is 0 Å². The van der Waals surface area contributed by atoms with Gasteiger partial charge in [-0.1, -0.05) is 12.8 Å². The van der Waals surface area contributed by atoms with Gasteiger partial charge in [-0.25, -0.2) is 8.42 Å². The first-order valence-electron chi connectivity index (χ1n) is 6.81. The molecule has 4 nitrogen and oxygen atoms in total. The van der Waals surface area contributed by atoms with E-state index in [0.29, 0.717) is 12.5 Å². The highest BCUT2D eigenvalue weighted by atomic mass is 32.2. The third-order valence-electron chi connectivity index (χ3n) is 3.28. The Bertz CT molecular complexity index is 340. The lowest BCUT2D eigenvalue weighted by atomic mass is 10.1. The summed E-state index contributed by atoms with van der Waals surface area (Å²) in [6, 6.07) is 0. The highest BCUT2D eigenvalue weighted by molar-refractivity contribution is 7.91. The van der Waals surface area contributed by atoms with E-state index < -0.39 is 15.9 Å². The van der Waals surface area contributed by atoms with Crippen LogP contribution in [0, 0.1) is 5.92 Å². The second kappa shape index (κ2) is 6.35. The molecule has 0 spiro atoms. The zero-order valence-electron chi connectivity index (χ0n) is 11.8. The third kappa shape index (κ3) is 6.71. The molecule has 0 radical (unpaired) electrons. The minimum atomic E-state index is -3.12. The molecule has 108 valence electrons. The van der Waals surface area contributed by atoms with Crippen LogP contribution in [0.4, 0.5) is 0 Å². The average molecular weight is 277 g/mol. The van der Waals surface area contributed by atoms with Crippen molar-refractivity contribution in [3.63, 3.8) is 0 Å². The molecule has 0 aliphatic heterocycles. The zero-order valence-corrected chi connectivity index (χ0v) is 12.6. The highest BCUT2D eigenvalue weighted by Gasteiger charge is 2.25. The normalized spacial score (nSPS) is 20.2. The molecule has 0 heterocycles. The first kappa shape index (κ1) is 15.9. The van der Waals surface area contributed by atoms with Crippen molar-refractivity contribution in [2.24, 2.45) is 5.92 Å². The maximum absolute atomic E-state index is 11.9. The summed E-state index contributed by atoms with van der Waals surface area (Å²) >= 11 is 0. The molecule has 0 aromatic rings. The number of β-amino-alcohol motifs (C(OH)–C–C–N with tert-alkyl or cyclic N) is 1. The van der Waals surface area contributed by atoms with Gasteiger partial charge in [0.2, 0.25) is 0 Å². The van der Waals surface area contributed by atoms with Gasteiger partial charge < -0.3 is 10.4 Å². The summed E-state index contributed by atoms with van der Waals surface area (Å²) in [5.74, 6) is 0.448. The summed E-state index contributed by atoms with van der Waals surface area (Å²) in [5.41, 5.74) is -0.101. The van der Waals surface area contributed by atoms with Crippen molar-refractivity contribution < 1.29 is 13.5 Å². The molecule has 0 aromatic carbocycles. The first-order valence-corrected chi connectivity index (χ1v) is 8.64. The molecule has 0 bridgehead atoms. The number of hydrogen-bond donors (Lipinski definition) is 2. The Hall–Kier alpha value is -0.130. The molecule has 5 heteroatoms. The van der Waals surface area contributed by atoms with Crippen LogP contribution in [0.25, 0.3) is 0 Å². The number of nitrogens with one attached hydrogen (secondary N) is 1. The zero-order chi connectivity index (χ0) is 13.8. The lowest BCUT2D eigenvalue weighted by Crippen LogP contribution is -2.43. The van der Waals surface area contributed by atoms with E-state index in [9.17, 15) is 13.5 Å². The van der Waals surface area contributed by atoms with Gasteiger partial charge in [0.25, 0.3) is 0 Å². The Labute approximate surface area is 111 Å². The molecule has 1 saturated carbocycles. The van der Waals surface area contributed by atoms with Gasteiger partial charge in [0.15, 0.2) is 9.84 Å². The SMILES string of the molecule is CC(C)(C)NCC(O)CS(=O)(=O)CC1CCCC1. The van der Waals surface area contributed by atoms with E-state index in [2.05, 4.69) is 5.32 Å². The largest absolute Gasteiger partial charge is 0.391 e. The molecule has 1 atom stereocenters. The Balaban J connectivity index is 2.34. The van der Waals surface area contributed by atoms with Gasteiger partial charge in [0.1, 0.15) is 0 Å². The van der Waals surface area contributed by atoms with Gasteiger partial charge >= 0.3 is 0 Å². The monoisotopic (exact) mass is 277 g/mol. The molecule has 1 aliphatic rings. The van der Waals surface area contributed by atoms with Gasteiger partial charge in [0.05, 0.1) is 17.6 Å². The fourth-order valence-electron chi connectivity index (χ4n) is 2.38. The molecule has 1 rings (SSSR count). The molecule has 1 fully saturated rings. The predicted octanol–water partition coefficient (Wildman–Crippen LogP) is 1.34. The first-order chi connectivity index (χ1) is 8.18. The quantitative estimate of drug-likeness (QED) is 0.769. The maximum atomic E-state index is 11.9. The molecular weight excluding hydrogens is 250 g/mol. The highest BCUT2D eigenvalue weighted by Crippen LogP contribution is 2.26. The lowest BCUT2D eigenvalue weighted by Gasteiger charge is -2.23. The molecule has 0 amide bonds. The number of hydrogen-bond acceptors (Lipinski definition) is 4. The van der Waals surface area contributed by atoms with Gasteiger partial charge in [-0.15, -0.1) is 0 Å². The fourth-order valence-corrected chi connectivity index (χ4v) is 4.27. The van der Waals surface area contributed by atoms with Gasteiger partial charge in [-0.05, 0) is 39.5 Å². The predicted molar refractivity (Wildman–Crippen MR) is 74.4 cm³/mol. The van der Waals surface area contributed by atoms with E-state index in [4.69, 9.17) is 0 Å². The van der Waals surface area contributed by atoms with Crippen LogP contribution in [0.3, 0.4) is 0 Å². The Kier molecular flexibility index (Phi) is 5.62. The van der Waals surface area contributed by atoms with Crippen molar-refractivity contribution in [2.75, 3.05) is 18.1 Å². The molecule has 2 N–H and O–H groups in total. The van der Waals surface area contributed by atoms with E-state index in [-0.39, 0.29) is 17.0 Å². The van der Waals surface area contributed by atoms with E-state index in [1.165, 1.54) is 0 Å². The molecular formula is C13H27NO3S. The Morgan fingerprint density at radius 1 is 1.28 bits per heavy atom. The lowest BCUT2D eigenvalue weighted by molar-refractivity contribution is 0.181. The van der Waals surface area contributed by atoms with Crippen LogP contribution in [0.2, 0.25) is 0 Å². The summed E-state index contributed by atoms with van der Waals surface area (Å²) in [7, 11) is -3.12. The number of rotatable bonds is 6. The summed E-state index contributed by atoms with van der Waals surface area (Å²) < 4.78 is 23.9. The van der Waals surface area contributed by atoms with Crippen LogP contribution in [0.5, 0.6) is 0 Å². The topological polar surface area (TPSA) is 66.4 Å². The number of sulfone groups is 1. The van der Waals surface area contributed by atoms with Crippen LogP contribution in [0.15, 0.2) is 0 Å². The van der Waals surface area contributed by atoms with Crippen LogP contribution in [0.1, 0.15) is 46.5 Å². The van der Waals surface area contributed by atoms with Crippen LogP contribution in [-0.2, 0) is 9.84 Å². The summed E-state index contributed by atoms with van der Waals surface area (Å²) in [6.07, 6.45) is 3.53. The smallest absolute Gasteiger partial charge is 0.153 e. The van der Waals surface area contributed by atoms with Gasteiger partial charge in [-0.2, -0.15) is 0 Å². The molecule has 0 aromatic heterocycles. The summed E-state index contributed by atoms with van der Waals surface area (Å²) in [5, 5.41) is 12.9. The molecule has 0 saturated heterocycles.